The minimum absolute atomic E-state index is 0.0463. The summed E-state index contributed by atoms with van der Waals surface area (Å²) in [6, 6.07) is 6.02. The van der Waals surface area contributed by atoms with Gasteiger partial charge in [-0.05, 0) is 53.7 Å². The summed E-state index contributed by atoms with van der Waals surface area (Å²) in [6.07, 6.45) is 1.45. The van der Waals surface area contributed by atoms with Gasteiger partial charge in [0.15, 0.2) is 0 Å². The quantitative estimate of drug-likeness (QED) is 0.325. The molecule has 1 aromatic carbocycles. The molecule has 1 fully saturated rings. The van der Waals surface area contributed by atoms with Gasteiger partial charge in [0.2, 0.25) is 0 Å². The van der Waals surface area contributed by atoms with Crippen molar-refractivity contribution in [2.75, 3.05) is 13.2 Å². The number of hydrogen-bond donors (Lipinski definition) is 3. The number of rotatable bonds is 13. The van der Waals surface area contributed by atoms with Crippen LogP contribution in [0.5, 0.6) is 0 Å². The van der Waals surface area contributed by atoms with Gasteiger partial charge in [-0.25, -0.2) is 0 Å². The number of cyclic esters (lactones) is 1. The Morgan fingerprint density at radius 2 is 1.90 bits per heavy atom. The third-order valence-electron chi connectivity index (χ3n) is 6.42. The van der Waals surface area contributed by atoms with E-state index in [0.29, 0.717) is 38.4 Å². The first-order chi connectivity index (χ1) is 14.8. The SMILES string of the molecule is CC(C)[C@@H](Cc1ccc(CO)c(COCCCO)c1)C[C@@H](O)[C@@H]1C[C@@H](C(C)C)C(=O)O1. The van der Waals surface area contributed by atoms with Crippen LogP contribution in [0.3, 0.4) is 0 Å². The largest absolute Gasteiger partial charge is 0.459 e. The summed E-state index contributed by atoms with van der Waals surface area (Å²) in [4.78, 5) is 12.1. The van der Waals surface area contributed by atoms with Crippen molar-refractivity contribution in [3.63, 3.8) is 0 Å². The van der Waals surface area contributed by atoms with Gasteiger partial charge in [0.25, 0.3) is 0 Å². The van der Waals surface area contributed by atoms with E-state index in [1.54, 1.807) is 0 Å². The smallest absolute Gasteiger partial charge is 0.309 e. The van der Waals surface area contributed by atoms with Crippen LogP contribution in [0.15, 0.2) is 18.2 Å². The van der Waals surface area contributed by atoms with Gasteiger partial charge in [0.1, 0.15) is 6.10 Å². The molecule has 4 atom stereocenters. The topological polar surface area (TPSA) is 96.2 Å². The minimum Gasteiger partial charge on any atom is -0.459 e. The zero-order chi connectivity index (χ0) is 23.0. The summed E-state index contributed by atoms with van der Waals surface area (Å²) in [6.45, 7) is 9.25. The lowest BCUT2D eigenvalue weighted by molar-refractivity contribution is -0.149. The third kappa shape index (κ3) is 7.56. The summed E-state index contributed by atoms with van der Waals surface area (Å²) >= 11 is 0. The third-order valence-corrected chi connectivity index (χ3v) is 6.42. The van der Waals surface area contributed by atoms with Crippen LogP contribution in [0, 0.1) is 23.7 Å². The Balaban J connectivity index is 2.03. The van der Waals surface area contributed by atoms with Crippen LogP contribution in [0.2, 0.25) is 0 Å². The van der Waals surface area contributed by atoms with Crippen molar-refractivity contribution in [3.8, 4) is 0 Å². The Labute approximate surface area is 186 Å². The molecule has 3 N–H and O–H groups in total. The first kappa shape index (κ1) is 25.8. The molecule has 1 aliphatic heterocycles. The van der Waals surface area contributed by atoms with E-state index in [4.69, 9.17) is 14.6 Å². The van der Waals surface area contributed by atoms with Crippen molar-refractivity contribution >= 4 is 5.97 Å². The molecular weight excluding hydrogens is 396 g/mol. The number of carbonyl (C=O) groups excluding carboxylic acids is 1. The number of aliphatic hydroxyl groups is 3. The first-order valence-electron chi connectivity index (χ1n) is 11.5. The maximum absolute atomic E-state index is 12.1. The minimum atomic E-state index is -0.668. The van der Waals surface area contributed by atoms with E-state index < -0.39 is 12.2 Å². The predicted molar refractivity (Wildman–Crippen MR) is 119 cm³/mol. The zero-order valence-electron chi connectivity index (χ0n) is 19.4. The fourth-order valence-corrected chi connectivity index (χ4v) is 4.21. The van der Waals surface area contributed by atoms with E-state index in [2.05, 4.69) is 19.9 Å². The second-order valence-electron chi connectivity index (χ2n) is 9.46. The van der Waals surface area contributed by atoms with Gasteiger partial charge < -0.3 is 24.8 Å². The Hall–Kier alpha value is -1.47. The molecule has 0 aliphatic carbocycles. The molecular formula is C25H40O6. The fraction of sp³-hybridized carbons (Fsp3) is 0.720. The Morgan fingerprint density at radius 1 is 1.16 bits per heavy atom. The van der Waals surface area contributed by atoms with Gasteiger partial charge >= 0.3 is 5.97 Å². The molecule has 1 aliphatic rings. The number of esters is 1. The fourth-order valence-electron chi connectivity index (χ4n) is 4.21. The summed E-state index contributed by atoms with van der Waals surface area (Å²) in [5.41, 5.74) is 2.92. The maximum atomic E-state index is 12.1. The van der Waals surface area contributed by atoms with Crippen molar-refractivity contribution in [1.29, 1.82) is 0 Å². The normalized spacial score (nSPS) is 21.0. The van der Waals surface area contributed by atoms with Crippen LogP contribution >= 0.6 is 0 Å². The van der Waals surface area contributed by atoms with E-state index in [1.807, 2.05) is 26.0 Å². The molecule has 6 heteroatoms. The van der Waals surface area contributed by atoms with E-state index in [1.165, 1.54) is 0 Å². The molecule has 0 radical (unpaired) electrons. The molecule has 0 saturated carbocycles. The van der Waals surface area contributed by atoms with Crippen LogP contribution in [-0.4, -0.2) is 46.7 Å². The van der Waals surface area contributed by atoms with Crippen molar-refractivity contribution in [1.82, 2.24) is 0 Å². The standard InChI is InChI=1S/C25H40O6/c1-16(2)20(12-23(28)24-13-22(17(3)4)25(29)31-24)10-18-6-7-19(14-27)21(11-18)15-30-9-5-8-26/h6-7,11,16-17,20,22-24,26-28H,5,8-10,12-15H2,1-4H3/t20-,22-,23+,24-/m0/s1. The average molecular weight is 437 g/mol. The van der Waals surface area contributed by atoms with Crippen molar-refractivity contribution < 1.29 is 29.6 Å². The molecule has 31 heavy (non-hydrogen) atoms. The monoisotopic (exact) mass is 436 g/mol. The second-order valence-corrected chi connectivity index (χ2v) is 9.46. The molecule has 6 nitrogen and oxygen atoms in total. The van der Waals surface area contributed by atoms with Crippen LogP contribution in [0.4, 0.5) is 0 Å². The van der Waals surface area contributed by atoms with Gasteiger partial charge in [-0.3, -0.25) is 4.79 Å². The number of hydrogen-bond acceptors (Lipinski definition) is 6. The number of carbonyl (C=O) groups is 1. The zero-order valence-corrected chi connectivity index (χ0v) is 19.4. The summed E-state index contributed by atoms with van der Waals surface area (Å²) in [5.74, 6) is 0.486. The molecule has 1 heterocycles. The van der Waals surface area contributed by atoms with Gasteiger partial charge in [-0.2, -0.15) is 0 Å². The van der Waals surface area contributed by atoms with Crippen molar-refractivity contribution in [3.05, 3.63) is 34.9 Å². The van der Waals surface area contributed by atoms with Crippen LogP contribution < -0.4 is 0 Å². The molecule has 176 valence electrons. The lowest BCUT2D eigenvalue weighted by atomic mass is 9.82. The Morgan fingerprint density at radius 3 is 2.48 bits per heavy atom. The first-order valence-corrected chi connectivity index (χ1v) is 11.5. The highest BCUT2D eigenvalue weighted by molar-refractivity contribution is 5.75. The van der Waals surface area contributed by atoms with Crippen LogP contribution in [0.1, 0.15) is 63.6 Å². The van der Waals surface area contributed by atoms with Gasteiger partial charge in [-0.1, -0.05) is 45.9 Å². The van der Waals surface area contributed by atoms with E-state index in [9.17, 15) is 15.0 Å². The highest BCUT2D eigenvalue weighted by Gasteiger charge is 2.40. The highest BCUT2D eigenvalue weighted by Crippen LogP contribution is 2.33. The summed E-state index contributed by atoms with van der Waals surface area (Å²) in [7, 11) is 0. The molecule has 1 aromatic rings. The molecule has 1 saturated heterocycles. The van der Waals surface area contributed by atoms with E-state index >= 15 is 0 Å². The molecule has 0 aromatic heterocycles. The molecule has 2 rings (SSSR count). The lowest BCUT2D eigenvalue weighted by Crippen LogP contribution is -2.30. The molecule has 0 unspecified atom stereocenters. The van der Waals surface area contributed by atoms with E-state index in [0.717, 1.165) is 23.1 Å². The number of aliphatic hydroxyl groups excluding tert-OH is 3. The van der Waals surface area contributed by atoms with Gasteiger partial charge in [0, 0.05) is 19.6 Å². The van der Waals surface area contributed by atoms with Gasteiger partial charge in [-0.15, -0.1) is 0 Å². The van der Waals surface area contributed by atoms with Crippen molar-refractivity contribution in [2.45, 2.75) is 78.8 Å². The number of benzene rings is 1. The average Bonchev–Trinajstić information content (AvgIpc) is 3.13. The Bertz CT molecular complexity index is 687. The highest BCUT2D eigenvalue weighted by atomic mass is 16.6. The Kier molecular flexibility index (Phi) is 10.4. The second kappa shape index (κ2) is 12.5. The molecule has 0 amide bonds. The predicted octanol–water partition coefficient (Wildman–Crippen LogP) is 3.23. The lowest BCUT2D eigenvalue weighted by Gasteiger charge is -2.26. The molecule has 0 spiro atoms. The van der Waals surface area contributed by atoms with Gasteiger partial charge in [0.05, 0.1) is 25.2 Å². The van der Waals surface area contributed by atoms with Crippen LogP contribution in [-0.2, 0) is 33.9 Å². The van der Waals surface area contributed by atoms with Crippen molar-refractivity contribution in [2.24, 2.45) is 23.7 Å². The number of ether oxygens (including phenoxy) is 2. The summed E-state index contributed by atoms with van der Waals surface area (Å²) < 4.78 is 11.1. The molecule has 0 bridgehead atoms. The maximum Gasteiger partial charge on any atom is 0.309 e. The van der Waals surface area contributed by atoms with E-state index in [-0.39, 0.29) is 36.9 Å². The summed E-state index contributed by atoms with van der Waals surface area (Å²) in [5, 5.41) is 29.3. The van der Waals surface area contributed by atoms with Crippen LogP contribution in [0.25, 0.3) is 0 Å².